The summed E-state index contributed by atoms with van der Waals surface area (Å²) in [7, 11) is 0. The van der Waals surface area contributed by atoms with Gasteiger partial charge in [-0.25, -0.2) is 9.97 Å². The summed E-state index contributed by atoms with van der Waals surface area (Å²) in [6, 6.07) is 4.35. The quantitative estimate of drug-likeness (QED) is 0.723. The van der Waals surface area contributed by atoms with Crippen LogP contribution in [0.1, 0.15) is 22.5 Å². The minimum atomic E-state index is 0.762. The molecule has 0 aliphatic rings. The lowest BCUT2D eigenvalue weighted by atomic mass is 9.97. The van der Waals surface area contributed by atoms with Gasteiger partial charge in [0.25, 0.3) is 0 Å². The molecule has 0 saturated heterocycles. The van der Waals surface area contributed by atoms with Gasteiger partial charge in [-0.3, -0.25) is 5.10 Å². The monoisotopic (exact) mass is 252 g/mol. The van der Waals surface area contributed by atoms with E-state index in [-0.39, 0.29) is 0 Å². The molecule has 0 spiro atoms. The van der Waals surface area contributed by atoms with E-state index < -0.39 is 0 Å². The first kappa shape index (κ1) is 11.8. The third-order valence-electron chi connectivity index (χ3n) is 3.34. The van der Waals surface area contributed by atoms with Crippen LogP contribution >= 0.6 is 0 Å². The van der Waals surface area contributed by atoms with Gasteiger partial charge in [-0.05, 0) is 38.8 Å². The van der Waals surface area contributed by atoms with Gasteiger partial charge in [0.15, 0.2) is 0 Å². The van der Waals surface area contributed by atoms with Crippen LogP contribution in [0.5, 0.6) is 0 Å². The highest BCUT2D eigenvalue weighted by molar-refractivity contribution is 5.91. The molecule has 0 aliphatic carbocycles. The first-order valence-electron chi connectivity index (χ1n) is 6.32. The van der Waals surface area contributed by atoms with Crippen molar-refractivity contribution in [3.63, 3.8) is 0 Å². The summed E-state index contributed by atoms with van der Waals surface area (Å²) in [6.45, 7) is 8.23. The molecule has 4 heteroatoms. The molecule has 3 aromatic rings. The zero-order chi connectivity index (χ0) is 13.6. The molecule has 0 saturated carbocycles. The zero-order valence-electron chi connectivity index (χ0n) is 11.6. The summed E-state index contributed by atoms with van der Waals surface area (Å²) in [6.07, 6.45) is 1.78. The third kappa shape index (κ3) is 1.89. The summed E-state index contributed by atoms with van der Waals surface area (Å²) < 4.78 is 0. The number of H-pyrrole nitrogens is 1. The van der Waals surface area contributed by atoms with Gasteiger partial charge < -0.3 is 0 Å². The van der Waals surface area contributed by atoms with Crippen molar-refractivity contribution in [2.24, 2.45) is 0 Å². The van der Waals surface area contributed by atoms with Crippen LogP contribution in [0.3, 0.4) is 0 Å². The zero-order valence-corrected chi connectivity index (χ0v) is 11.6. The van der Waals surface area contributed by atoms with Crippen molar-refractivity contribution < 1.29 is 0 Å². The van der Waals surface area contributed by atoms with Crippen LogP contribution in [-0.4, -0.2) is 20.2 Å². The van der Waals surface area contributed by atoms with E-state index in [1.54, 1.807) is 6.20 Å². The van der Waals surface area contributed by atoms with E-state index in [4.69, 9.17) is 0 Å². The van der Waals surface area contributed by atoms with Gasteiger partial charge >= 0.3 is 0 Å². The van der Waals surface area contributed by atoms with Gasteiger partial charge in [0.1, 0.15) is 22.6 Å². The lowest BCUT2D eigenvalue weighted by Crippen LogP contribution is -1.92. The normalized spacial score (nSPS) is 11.2. The molecule has 0 radical (unpaired) electrons. The van der Waals surface area contributed by atoms with Crippen LogP contribution in [0.25, 0.3) is 22.3 Å². The molecule has 3 rings (SSSR count). The average molecular weight is 252 g/mol. The SMILES string of the molecule is Cc1cc(C)c(-c2n[nH]c3cnc(C)nc23)c(C)c1. The molecule has 0 amide bonds. The molecule has 0 aliphatic heterocycles. The second kappa shape index (κ2) is 4.16. The number of fused-ring (bicyclic) bond motifs is 1. The maximum atomic E-state index is 4.51. The minimum absolute atomic E-state index is 0.762. The van der Waals surface area contributed by atoms with E-state index in [2.05, 4.69) is 53.1 Å². The third-order valence-corrected chi connectivity index (χ3v) is 3.34. The van der Waals surface area contributed by atoms with E-state index in [1.165, 1.54) is 16.7 Å². The molecule has 0 bridgehead atoms. The summed E-state index contributed by atoms with van der Waals surface area (Å²) in [5.74, 6) is 0.762. The predicted molar refractivity (Wildman–Crippen MR) is 76.1 cm³/mol. The van der Waals surface area contributed by atoms with E-state index in [0.29, 0.717) is 0 Å². The van der Waals surface area contributed by atoms with E-state index >= 15 is 0 Å². The summed E-state index contributed by atoms with van der Waals surface area (Å²) in [4.78, 5) is 8.70. The molecule has 0 unspecified atom stereocenters. The molecule has 2 heterocycles. The van der Waals surface area contributed by atoms with Crippen LogP contribution in [0, 0.1) is 27.7 Å². The van der Waals surface area contributed by atoms with Gasteiger partial charge in [-0.2, -0.15) is 5.10 Å². The van der Waals surface area contributed by atoms with Crippen LogP contribution in [0.2, 0.25) is 0 Å². The van der Waals surface area contributed by atoms with Crippen molar-refractivity contribution in [3.05, 3.63) is 40.8 Å². The van der Waals surface area contributed by atoms with E-state index in [1.807, 2.05) is 6.92 Å². The summed E-state index contributed by atoms with van der Waals surface area (Å²) in [5.41, 5.74) is 7.56. The number of benzene rings is 1. The molecule has 1 N–H and O–H groups in total. The number of rotatable bonds is 1. The predicted octanol–water partition coefficient (Wildman–Crippen LogP) is 3.25. The van der Waals surface area contributed by atoms with Crippen molar-refractivity contribution in [2.75, 3.05) is 0 Å². The number of nitrogens with one attached hydrogen (secondary N) is 1. The standard InChI is InChI=1S/C15H16N4/c1-8-5-9(2)13(10(3)6-8)15-14-12(18-19-15)7-16-11(4)17-14/h5-7H,1-4H3,(H,18,19). The van der Waals surface area contributed by atoms with Gasteiger partial charge in [0, 0.05) is 5.56 Å². The fourth-order valence-corrected chi connectivity index (χ4v) is 2.63. The first-order chi connectivity index (χ1) is 9.06. The molecular formula is C15H16N4. The Morgan fingerprint density at radius 2 is 1.68 bits per heavy atom. The molecule has 0 atom stereocenters. The molecule has 19 heavy (non-hydrogen) atoms. The maximum absolute atomic E-state index is 4.51. The van der Waals surface area contributed by atoms with Crippen molar-refractivity contribution in [1.29, 1.82) is 0 Å². The number of aryl methyl sites for hydroxylation is 4. The van der Waals surface area contributed by atoms with Crippen molar-refractivity contribution >= 4 is 11.0 Å². The molecule has 4 nitrogen and oxygen atoms in total. The second-order valence-electron chi connectivity index (χ2n) is 5.03. The van der Waals surface area contributed by atoms with Crippen molar-refractivity contribution in [2.45, 2.75) is 27.7 Å². The second-order valence-corrected chi connectivity index (χ2v) is 5.03. The Bertz CT molecular complexity index is 748. The van der Waals surface area contributed by atoms with Gasteiger partial charge in [0.2, 0.25) is 0 Å². The molecule has 1 aromatic carbocycles. The smallest absolute Gasteiger partial charge is 0.126 e. The van der Waals surface area contributed by atoms with Crippen LogP contribution in [-0.2, 0) is 0 Å². The van der Waals surface area contributed by atoms with Gasteiger partial charge in [-0.1, -0.05) is 17.7 Å². The molecule has 2 aromatic heterocycles. The Kier molecular flexibility index (Phi) is 2.59. The van der Waals surface area contributed by atoms with E-state index in [0.717, 1.165) is 28.1 Å². The van der Waals surface area contributed by atoms with Gasteiger partial charge in [-0.15, -0.1) is 0 Å². The number of hydrogen-bond acceptors (Lipinski definition) is 3. The van der Waals surface area contributed by atoms with Crippen LogP contribution in [0.15, 0.2) is 18.3 Å². The molecule has 96 valence electrons. The molecular weight excluding hydrogens is 236 g/mol. The Morgan fingerprint density at radius 3 is 2.37 bits per heavy atom. The lowest BCUT2D eigenvalue weighted by Gasteiger charge is -2.09. The lowest BCUT2D eigenvalue weighted by molar-refractivity contribution is 1.08. The Morgan fingerprint density at radius 1 is 1.00 bits per heavy atom. The number of hydrogen-bond donors (Lipinski definition) is 1. The fraction of sp³-hybridized carbons (Fsp3) is 0.267. The Hall–Kier alpha value is -2.23. The first-order valence-corrected chi connectivity index (χ1v) is 6.32. The molecule has 0 fully saturated rings. The van der Waals surface area contributed by atoms with E-state index in [9.17, 15) is 0 Å². The topological polar surface area (TPSA) is 54.5 Å². The highest BCUT2D eigenvalue weighted by atomic mass is 15.1. The largest absolute Gasteiger partial charge is 0.274 e. The number of aromatic amines is 1. The highest BCUT2D eigenvalue weighted by Crippen LogP contribution is 2.30. The van der Waals surface area contributed by atoms with Gasteiger partial charge in [0.05, 0.1) is 6.20 Å². The minimum Gasteiger partial charge on any atom is -0.274 e. The Labute approximate surface area is 111 Å². The fourth-order valence-electron chi connectivity index (χ4n) is 2.63. The number of nitrogens with zero attached hydrogens (tertiary/aromatic N) is 3. The van der Waals surface area contributed by atoms with Crippen molar-refractivity contribution in [1.82, 2.24) is 20.2 Å². The van der Waals surface area contributed by atoms with Crippen LogP contribution in [0.4, 0.5) is 0 Å². The van der Waals surface area contributed by atoms with Crippen LogP contribution < -0.4 is 0 Å². The Balaban J connectivity index is 2.33. The summed E-state index contributed by atoms with van der Waals surface area (Å²) >= 11 is 0. The summed E-state index contributed by atoms with van der Waals surface area (Å²) in [5, 5.41) is 7.44. The maximum Gasteiger partial charge on any atom is 0.126 e. The highest BCUT2D eigenvalue weighted by Gasteiger charge is 2.14. The van der Waals surface area contributed by atoms with Crippen molar-refractivity contribution in [3.8, 4) is 11.3 Å². The average Bonchev–Trinajstić information content (AvgIpc) is 2.71. The number of aromatic nitrogens is 4.